The third-order valence-corrected chi connectivity index (χ3v) is 7.66. The maximum atomic E-state index is 12.9. The monoisotopic (exact) mass is 612 g/mol. The molecule has 2 aromatic carbocycles. The minimum atomic E-state index is -1.32. The highest BCUT2D eigenvalue weighted by Gasteiger charge is 2.67. The third-order valence-electron chi connectivity index (χ3n) is 4.68. The standard InChI is InChI=1S/C19H10BrCl5N4O2S/c20-17-28-29-18(32-17)27-15(30)11-6-10(1-2-12(11)23)26-16(31)14-13(19(14,24)25)7-3-8(21)5-9(22)4-7/h1-6,13-14H,(H,26,31)(H,27,29,30). The molecule has 4 rings (SSSR count). The summed E-state index contributed by atoms with van der Waals surface area (Å²) in [4.78, 5) is 25.5. The first-order chi connectivity index (χ1) is 15.1. The Labute approximate surface area is 219 Å². The SMILES string of the molecule is O=C(Nc1nnc(Br)s1)c1cc(NC(=O)C2C(c3cc(Cl)cc(Cl)c3)C2(Cl)Cl)ccc1Cl. The number of alkyl halides is 2. The Kier molecular flexibility index (Phi) is 6.94. The molecular formula is C19H10BrCl5N4O2S. The molecule has 2 unspecified atom stereocenters. The normalized spacial score (nSPS) is 18.8. The fourth-order valence-electron chi connectivity index (χ4n) is 3.24. The van der Waals surface area contributed by atoms with Gasteiger partial charge in [-0.3, -0.25) is 14.9 Å². The van der Waals surface area contributed by atoms with Gasteiger partial charge in [-0.2, -0.15) is 0 Å². The van der Waals surface area contributed by atoms with Crippen molar-refractivity contribution in [1.29, 1.82) is 0 Å². The van der Waals surface area contributed by atoms with Crippen molar-refractivity contribution in [2.45, 2.75) is 10.3 Å². The van der Waals surface area contributed by atoms with E-state index < -0.39 is 28.0 Å². The van der Waals surface area contributed by atoms with Crippen molar-refractivity contribution >= 4 is 108 Å². The van der Waals surface area contributed by atoms with E-state index in [1.165, 1.54) is 12.1 Å². The first-order valence-electron chi connectivity index (χ1n) is 8.81. The van der Waals surface area contributed by atoms with Gasteiger partial charge in [-0.25, -0.2) is 0 Å². The molecule has 1 heterocycles. The Morgan fingerprint density at radius 3 is 2.31 bits per heavy atom. The lowest BCUT2D eigenvalue weighted by molar-refractivity contribution is -0.117. The van der Waals surface area contributed by atoms with E-state index in [-0.39, 0.29) is 10.6 Å². The molecule has 0 saturated heterocycles. The maximum Gasteiger partial charge on any atom is 0.259 e. The van der Waals surface area contributed by atoms with Crippen LogP contribution in [0.1, 0.15) is 21.8 Å². The predicted octanol–water partition coefficient (Wildman–Crippen LogP) is 7.04. The van der Waals surface area contributed by atoms with Crippen LogP contribution >= 0.6 is 85.3 Å². The van der Waals surface area contributed by atoms with Gasteiger partial charge in [0.05, 0.1) is 16.5 Å². The largest absolute Gasteiger partial charge is 0.326 e. The van der Waals surface area contributed by atoms with E-state index in [1.54, 1.807) is 24.3 Å². The van der Waals surface area contributed by atoms with Crippen molar-refractivity contribution in [3.05, 3.63) is 66.5 Å². The zero-order chi connectivity index (χ0) is 23.2. The second-order valence-electron chi connectivity index (χ2n) is 6.83. The highest BCUT2D eigenvalue weighted by molar-refractivity contribution is 9.11. The van der Waals surface area contributed by atoms with Gasteiger partial charge in [-0.15, -0.1) is 33.4 Å². The van der Waals surface area contributed by atoms with Crippen molar-refractivity contribution in [1.82, 2.24) is 10.2 Å². The molecule has 1 aliphatic carbocycles. The van der Waals surface area contributed by atoms with Crippen molar-refractivity contribution in [3.8, 4) is 0 Å². The molecule has 2 N–H and O–H groups in total. The summed E-state index contributed by atoms with van der Waals surface area (Å²) < 4.78 is -0.804. The van der Waals surface area contributed by atoms with E-state index in [9.17, 15) is 9.59 Å². The molecule has 3 aromatic rings. The number of nitrogens with zero attached hydrogens (tertiary/aromatic N) is 2. The number of carbonyl (C=O) groups is 2. The smallest absolute Gasteiger partial charge is 0.259 e. The number of aromatic nitrogens is 2. The van der Waals surface area contributed by atoms with Crippen LogP contribution in [0.15, 0.2) is 40.3 Å². The van der Waals surface area contributed by atoms with E-state index in [2.05, 4.69) is 36.8 Å². The fourth-order valence-corrected chi connectivity index (χ4v) is 5.82. The van der Waals surface area contributed by atoms with Gasteiger partial charge in [-0.05, 0) is 57.9 Å². The molecule has 0 spiro atoms. The molecule has 0 radical (unpaired) electrons. The Balaban J connectivity index is 1.51. The summed E-state index contributed by atoms with van der Waals surface area (Å²) in [7, 11) is 0. The quantitative estimate of drug-likeness (QED) is 0.302. The summed E-state index contributed by atoms with van der Waals surface area (Å²) in [5.41, 5.74) is 1.15. The van der Waals surface area contributed by atoms with E-state index in [4.69, 9.17) is 58.0 Å². The second-order valence-corrected chi connectivity index (χ2v) is 11.8. The van der Waals surface area contributed by atoms with Crippen molar-refractivity contribution in [2.24, 2.45) is 5.92 Å². The summed E-state index contributed by atoms with van der Waals surface area (Å²) in [6, 6.07) is 9.43. The van der Waals surface area contributed by atoms with Gasteiger partial charge in [0.25, 0.3) is 5.91 Å². The van der Waals surface area contributed by atoms with Crippen LogP contribution in [0.2, 0.25) is 15.1 Å². The summed E-state index contributed by atoms with van der Waals surface area (Å²) in [5, 5.41) is 14.2. The molecule has 1 aromatic heterocycles. The molecular weight excluding hydrogens is 605 g/mol. The lowest BCUT2D eigenvalue weighted by atomic mass is 10.1. The number of anilines is 2. The Morgan fingerprint density at radius 2 is 1.69 bits per heavy atom. The molecule has 2 atom stereocenters. The lowest BCUT2D eigenvalue weighted by Crippen LogP contribution is -2.18. The topological polar surface area (TPSA) is 84.0 Å². The highest BCUT2D eigenvalue weighted by Crippen LogP contribution is 2.65. The number of halogens is 6. The van der Waals surface area contributed by atoms with Crippen LogP contribution in [0.5, 0.6) is 0 Å². The van der Waals surface area contributed by atoms with Gasteiger partial charge in [0.1, 0.15) is 4.33 Å². The van der Waals surface area contributed by atoms with Crippen molar-refractivity contribution in [3.63, 3.8) is 0 Å². The molecule has 166 valence electrons. The summed E-state index contributed by atoms with van der Waals surface area (Å²) in [6.45, 7) is 0. The molecule has 0 bridgehead atoms. The number of amides is 2. The molecule has 6 nitrogen and oxygen atoms in total. The molecule has 1 fully saturated rings. The molecule has 0 aliphatic heterocycles. The summed E-state index contributed by atoms with van der Waals surface area (Å²) in [6.07, 6.45) is 0. The number of hydrogen-bond donors (Lipinski definition) is 2. The van der Waals surface area contributed by atoms with Crippen LogP contribution < -0.4 is 10.6 Å². The van der Waals surface area contributed by atoms with Crippen LogP contribution in [0.25, 0.3) is 0 Å². The first kappa shape index (κ1) is 24.0. The van der Waals surface area contributed by atoms with Gasteiger partial charge >= 0.3 is 0 Å². The number of carbonyl (C=O) groups excluding carboxylic acids is 2. The van der Waals surface area contributed by atoms with Crippen LogP contribution in [0, 0.1) is 5.92 Å². The van der Waals surface area contributed by atoms with E-state index >= 15 is 0 Å². The van der Waals surface area contributed by atoms with Crippen LogP contribution in [-0.2, 0) is 4.79 Å². The zero-order valence-corrected chi connectivity index (χ0v) is 21.7. The predicted molar refractivity (Wildman–Crippen MR) is 133 cm³/mol. The van der Waals surface area contributed by atoms with Gasteiger partial charge in [0.2, 0.25) is 11.0 Å². The van der Waals surface area contributed by atoms with Gasteiger partial charge in [0, 0.05) is 21.7 Å². The summed E-state index contributed by atoms with van der Waals surface area (Å²) >= 11 is 35.4. The first-order valence-corrected chi connectivity index (χ1v) is 12.3. The minimum Gasteiger partial charge on any atom is -0.326 e. The Bertz CT molecular complexity index is 1220. The Morgan fingerprint density at radius 1 is 1.00 bits per heavy atom. The Hall–Kier alpha value is -1.13. The van der Waals surface area contributed by atoms with E-state index in [0.717, 1.165) is 11.3 Å². The van der Waals surface area contributed by atoms with E-state index in [0.29, 0.717) is 30.3 Å². The van der Waals surface area contributed by atoms with Crippen molar-refractivity contribution in [2.75, 3.05) is 10.6 Å². The van der Waals surface area contributed by atoms with Gasteiger partial charge < -0.3 is 5.32 Å². The third kappa shape index (κ3) is 5.01. The van der Waals surface area contributed by atoms with Crippen LogP contribution in [-0.4, -0.2) is 26.3 Å². The molecule has 2 amide bonds. The zero-order valence-electron chi connectivity index (χ0n) is 15.5. The van der Waals surface area contributed by atoms with Gasteiger partial charge in [0.15, 0.2) is 3.92 Å². The lowest BCUT2D eigenvalue weighted by Gasteiger charge is -2.09. The minimum absolute atomic E-state index is 0.146. The average molecular weight is 616 g/mol. The number of benzene rings is 2. The summed E-state index contributed by atoms with van der Waals surface area (Å²) in [5.74, 6) is -2.16. The highest BCUT2D eigenvalue weighted by atomic mass is 79.9. The molecule has 13 heteroatoms. The fraction of sp³-hybridized carbons (Fsp3) is 0.158. The number of nitrogens with one attached hydrogen (secondary N) is 2. The second kappa shape index (κ2) is 9.25. The number of hydrogen-bond acceptors (Lipinski definition) is 5. The molecule has 1 saturated carbocycles. The van der Waals surface area contributed by atoms with E-state index in [1.807, 2.05) is 0 Å². The molecule has 1 aliphatic rings. The van der Waals surface area contributed by atoms with Crippen LogP contribution in [0.4, 0.5) is 10.8 Å². The maximum absolute atomic E-state index is 12.9. The average Bonchev–Trinajstić information content (AvgIpc) is 3.05. The number of rotatable bonds is 5. The van der Waals surface area contributed by atoms with Crippen LogP contribution in [0.3, 0.4) is 0 Å². The van der Waals surface area contributed by atoms with Crippen molar-refractivity contribution < 1.29 is 9.59 Å². The van der Waals surface area contributed by atoms with Gasteiger partial charge in [-0.1, -0.05) is 46.1 Å². The molecule has 32 heavy (non-hydrogen) atoms.